The van der Waals surface area contributed by atoms with Crippen LogP contribution < -0.4 is 5.32 Å². The number of methoxy groups -OCH3 is 1. The summed E-state index contributed by atoms with van der Waals surface area (Å²) in [5, 5.41) is 23.4. The summed E-state index contributed by atoms with van der Waals surface area (Å²) in [6, 6.07) is 23.7. The fourth-order valence-electron chi connectivity index (χ4n) is 3.52. The zero-order valence-corrected chi connectivity index (χ0v) is 20.5. The SMILES string of the molecule is COCCNC(=O)c1ccc(CSc2nnc(-c3ccc([N+](=O)[O-])cc3)n2Cc2ccccc2)cc1. The highest BCUT2D eigenvalue weighted by Gasteiger charge is 2.16. The molecule has 184 valence electrons. The molecule has 1 amide bonds. The first-order chi connectivity index (χ1) is 17.5. The zero-order valence-electron chi connectivity index (χ0n) is 19.7. The third kappa shape index (κ3) is 6.35. The van der Waals surface area contributed by atoms with Crippen molar-refractivity contribution in [3.05, 3.63) is 106 Å². The van der Waals surface area contributed by atoms with E-state index in [2.05, 4.69) is 15.5 Å². The number of hydrogen-bond donors (Lipinski definition) is 1. The van der Waals surface area contributed by atoms with Crippen molar-refractivity contribution in [1.82, 2.24) is 20.1 Å². The average molecular weight is 504 g/mol. The van der Waals surface area contributed by atoms with Crippen molar-refractivity contribution in [3.8, 4) is 11.4 Å². The van der Waals surface area contributed by atoms with Crippen molar-refractivity contribution in [1.29, 1.82) is 0 Å². The van der Waals surface area contributed by atoms with Crippen LogP contribution in [0, 0.1) is 10.1 Å². The summed E-state index contributed by atoms with van der Waals surface area (Å²) < 4.78 is 6.97. The number of hydrogen-bond acceptors (Lipinski definition) is 7. The number of carbonyl (C=O) groups is 1. The summed E-state index contributed by atoms with van der Waals surface area (Å²) in [5.41, 5.74) is 3.50. The lowest BCUT2D eigenvalue weighted by Gasteiger charge is -2.11. The molecule has 1 aromatic heterocycles. The summed E-state index contributed by atoms with van der Waals surface area (Å²) in [4.78, 5) is 22.8. The molecule has 0 aliphatic heterocycles. The Hall–Kier alpha value is -4.02. The first-order valence-electron chi connectivity index (χ1n) is 11.3. The van der Waals surface area contributed by atoms with Crippen LogP contribution in [0.5, 0.6) is 0 Å². The Balaban J connectivity index is 1.52. The second-order valence-electron chi connectivity index (χ2n) is 7.92. The smallest absolute Gasteiger partial charge is 0.269 e. The van der Waals surface area contributed by atoms with E-state index in [1.807, 2.05) is 47.0 Å². The van der Waals surface area contributed by atoms with E-state index in [4.69, 9.17) is 4.74 Å². The molecule has 0 bridgehead atoms. The number of nitro benzene ring substituents is 1. The van der Waals surface area contributed by atoms with Gasteiger partial charge in [-0.15, -0.1) is 10.2 Å². The minimum Gasteiger partial charge on any atom is -0.383 e. The molecular formula is C26H25N5O4S. The highest BCUT2D eigenvalue weighted by molar-refractivity contribution is 7.98. The maximum absolute atomic E-state index is 12.2. The molecular weight excluding hydrogens is 478 g/mol. The van der Waals surface area contributed by atoms with Gasteiger partial charge in [0.05, 0.1) is 18.1 Å². The van der Waals surface area contributed by atoms with Crippen molar-refractivity contribution >= 4 is 23.4 Å². The number of benzene rings is 3. The molecule has 0 aliphatic rings. The number of nitro groups is 1. The standard InChI is InChI=1S/C26H25N5O4S/c1-35-16-15-27-25(32)22-9-7-20(8-10-22)18-36-26-29-28-24(21-11-13-23(14-12-21)31(33)34)30(26)17-19-5-3-2-4-6-19/h2-14H,15-18H2,1H3,(H,27,32). The van der Waals surface area contributed by atoms with Gasteiger partial charge in [-0.2, -0.15) is 0 Å². The fraction of sp³-hybridized carbons (Fsp3) is 0.192. The first-order valence-corrected chi connectivity index (χ1v) is 12.2. The van der Waals surface area contributed by atoms with Crippen molar-refractivity contribution in [2.45, 2.75) is 17.5 Å². The predicted molar refractivity (Wildman–Crippen MR) is 138 cm³/mol. The van der Waals surface area contributed by atoms with Gasteiger partial charge in [0.25, 0.3) is 11.6 Å². The van der Waals surface area contributed by atoms with Crippen molar-refractivity contribution < 1.29 is 14.5 Å². The number of carbonyl (C=O) groups excluding carboxylic acids is 1. The molecule has 36 heavy (non-hydrogen) atoms. The van der Waals surface area contributed by atoms with Crippen molar-refractivity contribution in [2.75, 3.05) is 20.3 Å². The number of nitrogens with one attached hydrogen (secondary N) is 1. The van der Waals surface area contributed by atoms with Crippen LogP contribution in [0.4, 0.5) is 5.69 Å². The van der Waals surface area contributed by atoms with Crippen molar-refractivity contribution in [3.63, 3.8) is 0 Å². The Labute approximate surface area is 212 Å². The van der Waals surface area contributed by atoms with E-state index in [1.54, 1.807) is 31.4 Å². The normalized spacial score (nSPS) is 10.8. The Morgan fingerprint density at radius 2 is 1.72 bits per heavy atom. The highest BCUT2D eigenvalue weighted by atomic mass is 32.2. The number of aromatic nitrogens is 3. The minimum absolute atomic E-state index is 0.0262. The van der Waals surface area contributed by atoms with Crippen LogP contribution in [0.1, 0.15) is 21.5 Å². The molecule has 4 rings (SSSR count). The van der Waals surface area contributed by atoms with Gasteiger partial charge in [0.2, 0.25) is 0 Å². The lowest BCUT2D eigenvalue weighted by atomic mass is 10.1. The quantitative estimate of drug-likeness (QED) is 0.138. The van der Waals surface area contributed by atoms with E-state index < -0.39 is 4.92 Å². The Kier molecular flexibility index (Phi) is 8.43. The molecule has 10 heteroatoms. The van der Waals surface area contributed by atoms with Gasteiger partial charge in [0.15, 0.2) is 11.0 Å². The molecule has 3 aromatic carbocycles. The number of non-ortho nitro benzene ring substituents is 1. The van der Waals surface area contributed by atoms with Crippen LogP contribution in [0.3, 0.4) is 0 Å². The first kappa shape index (κ1) is 25.1. The average Bonchev–Trinajstić information content (AvgIpc) is 3.30. The highest BCUT2D eigenvalue weighted by Crippen LogP contribution is 2.28. The Morgan fingerprint density at radius 1 is 1.00 bits per heavy atom. The third-order valence-electron chi connectivity index (χ3n) is 5.41. The van der Waals surface area contributed by atoms with E-state index in [0.29, 0.717) is 36.8 Å². The maximum atomic E-state index is 12.2. The predicted octanol–water partition coefficient (Wildman–Crippen LogP) is 4.57. The molecule has 0 radical (unpaired) electrons. The van der Waals surface area contributed by atoms with E-state index in [-0.39, 0.29) is 11.6 Å². The fourth-order valence-corrected chi connectivity index (χ4v) is 4.41. The van der Waals surface area contributed by atoms with Gasteiger partial charge >= 0.3 is 0 Å². The van der Waals surface area contributed by atoms with Gasteiger partial charge in [-0.25, -0.2) is 0 Å². The van der Waals surface area contributed by atoms with Gasteiger partial charge in [-0.3, -0.25) is 19.5 Å². The molecule has 0 saturated heterocycles. The summed E-state index contributed by atoms with van der Waals surface area (Å²) in [7, 11) is 1.59. The van der Waals surface area contributed by atoms with Gasteiger partial charge < -0.3 is 10.1 Å². The molecule has 0 fully saturated rings. The van der Waals surface area contributed by atoms with E-state index in [9.17, 15) is 14.9 Å². The number of amides is 1. The lowest BCUT2D eigenvalue weighted by molar-refractivity contribution is -0.384. The molecule has 4 aromatic rings. The van der Waals surface area contributed by atoms with Crippen LogP contribution in [0.25, 0.3) is 11.4 Å². The molecule has 0 spiro atoms. The summed E-state index contributed by atoms with van der Waals surface area (Å²) >= 11 is 1.54. The minimum atomic E-state index is -0.422. The monoisotopic (exact) mass is 503 g/mol. The van der Waals surface area contributed by atoms with E-state index in [0.717, 1.165) is 21.8 Å². The largest absolute Gasteiger partial charge is 0.383 e. The van der Waals surface area contributed by atoms with E-state index in [1.165, 1.54) is 23.9 Å². The number of thioether (sulfide) groups is 1. The summed E-state index contributed by atoms with van der Waals surface area (Å²) in [6.45, 7) is 1.48. The van der Waals surface area contributed by atoms with Crippen LogP contribution in [0.2, 0.25) is 0 Å². The number of nitrogens with zero attached hydrogens (tertiary/aromatic N) is 4. The molecule has 0 aliphatic carbocycles. The summed E-state index contributed by atoms with van der Waals surface area (Å²) in [6.07, 6.45) is 0. The van der Waals surface area contributed by atoms with Crippen molar-refractivity contribution in [2.24, 2.45) is 0 Å². The molecule has 1 N–H and O–H groups in total. The molecule has 0 atom stereocenters. The van der Waals surface area contributed by atoms with Crippen LogP contribution >= 0.6 is 11.8 Å². The van der Waals surface area contributed by atoms with Crippen LogP contribution in [0.15, 0.2) is 84.0 Å². The third-order valence-corrected chi connectivity index (χ3v) is 6.45. The van der Waals surface area contributed by atoms with Gasteiger partial charge in [0, 0.05) is 42.7 Å². The van der Waals surface area contributed by atoms with Gasteiger partial charge in [-0.1, -0.05) is 54.2 Å². The van der Waals surface area contributed by atoms with E-state index >= 15 is 0 Å². The maximum Gasteiger partial charge on any atom is 0.269 e. The molecule has 9 nitrogen and oxygen atoms in total. The summed E-state index contributed by atoms with van der Waals surface area (Å²) in [5.74, 6) is 1.14. The number of ether oxygens (including phenoxy) is 1. The topological polar surface area (TPSA) is 112 Å². The van der Waals surface area contributed by atoms with Crippen LogP contribution in [-0.2, 0) is 17.0 Å². The second-order valence-corrected chi connectivity index (χ2v) is 8.86. The number of rotatable bonds is 11. The Morgan fingerprint density at radius 3 is 2.39 bits per heavy atom. The molecule has 0 unspecified atom stereocenters. The van der Waals surface area contributed by atoms with Gasteiger partial charge in [0.1, 0.15) is 0 Å². The van der Waals surface area contributed by atoms with Gasteiger partial charge in [-0.05, 0) is 35.4 Å². The molecule has 1 heterocycles. The molecule has 0 saturated carbocycles. The zero-order chi connectivity index (χ0) is 25.3. The second kappa shape index (κ2) is 12.1. The Bertz CT molecular complexity index is 1310. The lowest BCUT2D eigenvalue weighted by Crippen LogP contribution is -2.26. The van der Waals surface area contributed by atoms with Crippen LogP contribution in [-0.4, -0.2) is 45.9 Å².